The number of rotatable bonds is 11. The highest BCUT2D eigenvalue weighted by atomic mass is 16.5. The average Bonchev–Trinajstić information content (AvgIpc) is 2.44. The molecule has 1 saturated carbocycles. The van der Waals surface area contributed by atoms with Crippen LogP contribution in [0.25, 0.3) is 0 Å². The summed E-state index contributed by atoms with van der Waals surface area (Å²) in [5, 5.41) is 6.66. The van der Waals surface area contributed by atoms with E-state index < -0.39 is 0 Å². The van der Waals surface area contributed by atoms with Crippen molar-refractivity contribution in [2.24, 2.45) is 16.3 Å². The molecule has 5 heteroatoms. The third-order valence-corrected chi connectivity index (χ3v) is 4.14. The number of nitrogens with zero attached hydrogens (tertiary/aromatic N) is 1. The summed E-state index contributed by atoms with van der Waals surface area (Å²) in [5.41, 5.74) is 0.450. The molecule has 0 heterocycles. The molecule has 0 radical (unpaired) electrons. The molecule has 1 aliphatic rings. The average molecular weight is 313 g/mol. The molecule has 0 amide bonds. The first kappa shape index (κ1) is 19.2. The molecule has 1 fully saturated rings. The third kappa shape index (κ3) is 7.45. The molecule has 0 aromatic rings. The lowest BCUT2D eigenvalue weighted by Crippen LogP contribution is -2.41. The van der Waals surface area contributed by atoms with Crippen LogP contribution in [0.4, 0.5) is 0 Å². The summed E-state index contributed by atoms with van der Waals surface area (Å²) in [5.74, 6) is 1.66. The molecule has 0 aliphatic heterocycles. The Kier molecular flexibility index (Phi) is 9.48. The van der Waals surface area contributed by atoms with Gasteiger partial charge in [-0.25, -0.2) is 0 Å². The van der Waals surface area contributed by atoms with E-state index in [1.54, 1.807) is 7.11 Å². The predicted octanol–water partition coefficient (Wildman–Crippen LogP) is 2.42. The van der Waals surface area contributed by atoms with Crippen LogP contribution in [0.2, 0.25) is 0 Å². The van der Waals surface area contributed by atoms with E-state index in [-0.39, 0.29) is 0 Å². The van der Waals surface area contributed by atoms with E-state index in [9.17, 15) is 0 Å². The Morgan fingerprint density at radius 3 is 2.50 bits per heavy atom. The maximum Gasteiger partial charge on any atom is 0.191 e. The van der Waals surface area contributed by atoms with Gasteiger partial charge in [0.25, 0.3) is 0 Å². The van der Waals surface area contributed by atoms with Crippen LogP contribution in [0.5, 0.6) is 0 Å². The minimum absolute atomic E-state index is 0.450. The van der Waals surface area contributed by atoms with E-state index in [4.69, 9.17) is 14.5 Å². The van der Waals surface area contributed by atoms with Crippen molar-refractivity contribution >= 4 is 5.96 Å². The number of hydrogen-bond donors (Lipinski definition) is 2. The number of methoxy groups -OCH3 is 1. The van der Waals surface area contributed by atoms with Gasteiger partial charge in [0.1, 0.15) is 0 Å². The summed E-state index contributed by atoms with van der Waals surface area (Å²) >= 11 is 0. The van der Waals surface area contributed by atoms with Gasteiger partial charge in [-0.3, -0.25) is 4.99 Å². The van der Waals surface area contributed by atoms with Crippen LogP contribution in [0.1, 0.15) is 46.5 Å². The summed E-state index contributed by atoms with van der Waals surface area (Å²) in [6.45, 7) is 11.3. The monoisotopic (exact) mass is 313 g/mol. The van der Waals surface area contributed by atoms with Gasteiger partial charge in [0.2, 0.25) is 0 Å². The standard InChI is InChI=1S/C17H35N3O2/c1-5-18-16(19-9-10-22-12-11-21-4)20-14-17(7-6-8-17)13-15(2)3/h15H,5-14H2,1-4H3,(H2,18,19,20). The van der Waals surface area contributed by atoms with Crippen LogP contribution < -0.4 is 10.6 Å². The first-order chi connectivity index (χ1) is 10.6. The summed E-state index contributed by atoms with van der Waals surface area (Å²) < 4.78 is 10.4. The quantitative estimate of drug-likeness (QED) is 0.349. The second-order valence-electron chi connectivity index (χ2n) is 6.68. The lowest BCUT2D eigenvalue weighted by Gasteiger charge is -2.42. The van der Waals surface area contributed by atoms with Gasteiger partial charge in [-0.15, -0.1) is 0 Å². The van der Waals surface area contributed by atoms with Crippen molar-refractivity contribution in [3.8, 4) is 0 Å². The molecule has 0 bridgehead atoms. The zero-order valence-corrected chi connectivity index (χ0v) is 14.9. The molecule has 22 heavy (non-hydrogen) atoms. The maximum absolute atomic E-state index is 5.46. The third-order valence-electron chi connectivity index (χ3n) is 4.14. The van der Waals surface area contributed by atoms with Crippen LogP contribution >= 0.6 is 0 Å². The fraction of sp³-hybridized carbons (Fsp3) is 0.941. The molecule has 0 saturated heterocycles. The van der Waals surface area contributed by atoms with E-state index in [0.29, 0.717) is 25.2 Å². The highest BCUT2D eigenvalue weighted by Gasteiger charge is 2.37. The molecule has 1 aliphatic carbocycles. The van der Waals surface area contributed by atoms with Crippen LogP contribution in [-0.4, -0.2) is 52.5 Å². The highest BCUT2D eigenvalue weighted by molar-refractivity contribution is 5.79. The molecular weight excluding hydrogens is 278 g/mol. The fourth-order valence-electron chi connectivity index (χ4n) is 3.04. The SMILES string of the molecule is CCNC(=NCC1(CC(C)C)CCC1)NCCOCCOC. The van der Waals surface area contributed by atoms with Gasteiger partial charge >= 0.3 is 0 Å². The summed E-state index contributed by atoms with van der Waals surface area (Å²) in [6, 6.07) is 0. The first-order valence-electron chi connectivity index (χ1n) is 8.71. The van der Waals surface area contributed by atoms with Gasteiger partial charge in [-0.05, 0) is 37.5 Å². The van der Waals surface area contributed by atoms with Crippen molar-refractivity contribution in [3.05, 3.63) is 0 Å². The second-order valence-corrected chi connectivity index (χ2v) is 6.68. The van der Waals surface area contributed by atoms with Crippen molar-refractivity contribution in [2.75, 3.05) is 46.6 Å². The smallest absolute Gasteiger partial charge is 0.191 e. The van der Waals surface area contributed by atoms with Crippen molar-refractivity contribution in [2.45, 2.75) is 46.5 Å². The molecule has 1 rings (SSSR count). The van der Waals surface area contributed by atoms with E-state index in [1.807, 2.05) is 0 Å². The zero-order valence-electron chi connectivity index (χ0n) is 14.9. The normalized spacial score (nSPS) is 17.4. The van der Waals surface area contributed by atoms with Crippen LogP contribution in [0.3, 0.4) is 0 Å². The van der Waals surface area contributed by atoms with Gasteiger partial charge in [-0.2, -0.15) is 0 Å². The summed E-state index contributed by atoms with van der Waals surface area (Å²) in [7, 11) is 1.69. The topological polar surface area (TPSA) is 54.9 Å². The van der Waals surface area contributed by atoms with Crippen molar-refractivity contribution in [3.63, 3.8) is 0 Å². The Labute approximate surface area is 136 Å². The number of aliphatic imine (C=N–C) groups is 1. The Morgan fingerprint density at radius 2 is 1.95 bits per heavy atom. The molecule has 0 atom stereocenters. The lowest BCUT2D eigenvalue weighted by molar-refractivity contribution is 0.0733. The largest absolute Gasteiger partial charge is 0.382 e. The van der Waals surface area contributed by atoms with Crippen molar-refractivity contribution < 1.29 is 9.47 Å². The van der Waals surface area contributed by atoms with Crippen molar-refractivity contribution in [1.82, 2.24) is 10.6 Å². The van der Waals surface area contributed by atoms with E-state index in [2.05, 4.69) is 31.4 Å². The Morgan fingerprint density at radius 1 is 1.18 bits per heavy atom. The predicted molar refractivity (Wildman–Crippen MR) is 92.4 cm³/mol. The van der Waals surface area contributed by atoms with Crippen LogP contribution in [-0.2, 0) is 9.47 Å². The van der Waals surface area contributed by atoms with Crippen LogP contribution in [0, 0.1) is 11.3 Å². The molecular formula is C17H35N3O2. The number of ether oxygens (including phenoxy) is 2. The van der Waals surface area contributed by atoms with E-state index >= 15 is 0 Å². The molecule has 0 aromatic carbocycles. The first-order valence-corrected chi connectivity index (χ1v) is 8.71. The molecule has 2 N–H and O–H groups in total. The maximum atomic E-state index is 5.46. The second kappa shape index (κ2) is 10.8. The Balaban J connectivity index is 2.34. The number of nitrogens with one attached hydrogen (secondary N) is 2. The van der Waals surface area contributed by atoms with Gasteiger partial charge < -0.3 is 20.1 Å². The molecule has 0 spiro atoms. The Bertz CT molecular complexity index is 315. The minimum Gasteiger partial charge on any atom is -0.382 e. The number of guanidine groups is 1. The molecule has 130 valence electrons. The minimum atomic E-state index is 0.450. The summed E-state index contributed by atoms with van der Waals surface area (Å²) in [4.78, 5) is 4.81. The Hall–Kier alpha value is -0.810. The zero-order chi connectivity index (χ0) is 16.3. The lowest BCUT2D eigenvalue weighted by atomic mass is 9.64. The van der Waals surface area contributed by atoms with Gasteiger partial charge in [-0.1, -0.05) is 20.3 Å². The van der Waals surface area contributed by atoms with Gasteiger partial charge in [0.15, 0.2) is 5.96 Å². The molecule has 0 unspecified atom stereocenters. The summed E-state index contributed by atoms with van der Waals surface area (Å²) in [6.07, 6.45) is 5.30. The van der Waals surface area contributed by atoms with Crippen molar-refractivity contribution in [1.29, 1.82) is 0 Å². The van der Waals surface area contributed by atoms with E-state index in [0.717, 1.165) is 31.5 Å². The highest BCUT2D eigenvalue weighted by Crippen LogP contribution is 2.46. The van der Waals surface area contributed by atoms with Gasteiger partial charge in [0, 0.05) is 26.7 Å². The molecule has 0 aromatic heterocycles. The van der Waals surface area contributed by atoms with E-state index in [1.165, 1.54) is 25.7 Å². The fourth-order valence-corrected chi connectivity index (χ4v) is 3.04. The number of hydrogen-bond acceptors (Lipinski definition) is 3. The van der Waals surface area contributed by atoms with Gasteiger partial charge in [0.05, 0.1) is 19.8 Å². The molecule has 5 nitrogen and oxygen atoms in total. The van der Waals surface area contributed by atoms with Crippen LogP contribution in [0.15, 0.2) is 4.99 Å².